The first kappa shape index (κ1) is 23.4. The third-order valence-electron chi connectivity index (χ3n) is 6.42. The molecule has 5 heteroatoms. The van der Waals surface area contributed by atoms with E-state index in [0.29, 0.717) is 6.61 Å². The number of benzene rings is 3. The average molecular weight is 483 g/mol. The molecule has 1 aliphatic heterocycles. The molecule has 0 unspecified atom stereocenters. The largest absolute Gasteiger partial charge is 0.489 e. The SMILES string of the molecule is Cc1cccc(COc2ccc(/C=C3\SC(=Nc4ccccc4)N(C4CCCCC4)C3=O)cc2)c1. The third-order valence-corrected chi connectivity index (χ3v) is 7.41. The zero-order valence-electron chi connectivity index (χ0n) is 20.0. The van der Waals surface area contributed by atoms with Gasteiger partial charge in [-0.05, 0) is 73.0 Å². The van der Waals surface area contributed by atoms with E-state index in [0.717, 1.165) is 45.5 Å². The fraction of sp³-hybridized carbons (Fsp3) is 0.267. The van der Waals surface area contributed by atoms with Crippen molar-refractivity contribution in [3.05, 3.63) is 100 Å². The van der Waals surface area contributed by atoms with Crippen molar-refractivity contribution in [1.29, 1.82) is 0 Å². The second-order valence-corrected chi connectivity index (χ2v) is 10.2. The first-order chi connectivity index (χ1) is 17.2. The minimum atomic E-state index is 0.0661. The Morgan fingerprint density at radius 1 is 0.971 bits per heavy atom. The highest BCUT2D eigenvalue weighted by molar-refractivity contribution is 8.18. The maximum Gasteiger partial charge on any atom is 0.267 e. The number of aliphatic imine (C=N–C) groups is 1. The van der Waals surface area contributed by atoms with Gasteiger partial charge in [0.25, 0.3) is 5.91 Å². The number of aryl methyl sites for hydroxylation is 1. The minimum absolute atomic E-state index is 0.0661. The van der Waals surface area contributed by atoms with E-state index >= 15 is 0 Å². The Hall–Kier alpha value is -3.31. The molecule has 178 valence electrons. The van der Waals surface area contributed by atoms with Gasteiger partial charge in [-0.25, -0.2) is 4.99 Å². The molecule has 2 aliphatic rings. The molecule has 3 aromatic rings. The van der Waals surface area contributed by atoms with E-state index in [2.05, 4.69) is 25.1 Å². The fourth-order valence-electron chi connectivity index (χ4n) is 4.62. The highest BCUT2D eigenvalue weighted by Gasteiger charge is 2.38. The van der Waals surface area contributed by atoms with Crippen LogP contribution in [0.4, 0.5) is 5.69 Å². The number of amides is 1. The van der Waals surface area contributed by atoms with Gasteiger partial charge in [-0.2, -0.15) is 0 Å². The van der Waals surface area contributed by atoms with Crippen LogP contribution in [-0.2, 0) is 11.4 Å². The summed E-state index contributed by atoms with van der Waals surface area (Å²) in [7, 11) is 0. The first-order valence-electron chi connectivity index (χ1n) is 12.3. The van der Waals surface area contributed by atoms with Gasteiger partial charge in [0.1, 0.15) is 12.4 Å². The van der Waals surface area contributed by atoms with Crippen molar-refractivity contribution >= 4 is 34.6 Å². The molecule has 1 heterocycles. The molecule has 0 N–H and O–H groups in total. The van der Waals surface area contributed by atoms with Crippen molar-refractivity contribution in [2.45, 2.75) is 51.7 Å². The van der Waals surface area contributed by atoms with Crippen molar-refractivity contribution in [2.24, 2.45) is 4.99 Å². The molecular formula is C30H30N2O2S. The van der Waals surface area contributed by atoms with Crippen LogP contribution in [0.1, 0.15) is 48.8 Å². The molecule has 4 nitrogen and oxygen atoms in total. The Balaban J connectivity index is 1.33. The molecule has 1 saturated carbocycles. The second-order valence-electron chi connectivity index (χ2n) is 9.15. The predicted molar refractivity (Wildman–Crippen MR) is 145 cm³/mol. The average Bonchev–Trinajstić information content (AvgIpc) is 3.19. The van der Waals surface area contributed by atoms with Crippen LogP contribution < -0.4 is 4.74 Å². The summed E-state index contributed by atoms with van der Waals surface area (Å²) >= 11 is 1.48. The zero-order chi connectivity index (χ0) is 24.0. The van der Waals surface area contributed by atoms with Gasteiger partial charge in [0.15, 0.2) is 5.17 Å². The molecule has 35 heavy (non-hydrogen) atoms. The van der Waals surface area contributed by atoms with Crippen LogP contribution in [-0.4, -0.2) is 22.0 Å². The van der Waals surface area contributed by atoms with Crippen molar-refractivity contribution in [2.75, 3.05) is 0 Å². The van der Waals surface area contributed by atoms with Gasteiger partial charge in [0.2, 0.25) is 0 Å². The van der Waals surface area contributed by atoms with E-state index in [1.54, 1.807) is 0 Å². The van der Waals surface area contributed by atoms with Gasteiger partial charge in [-0.1, -0.05) is 79.4 Å². The molecule has 3 aromatic carbocycles. The molecule has 1 amide bonds. The lowest BCUT2D eigenvalue weighted by atomic mass is 9.94. The van der Waals surface area contributed by atoms with Crippen molar-refractivity contribution in [3.63, 3.8) is 0 Å². The van der Waals surface area contributed by atoms with E-state index < -0.39 is 0 Å². The van der Waals surface area contributed by atoms with E-state index in [9.17, 15) is 4.79 Å². The normalized spacial score (nSPS) is 19.0. The van der Waals surface area contributed by atoms with Crippen molar-refractivity contribution in [1.82, 2.24) is 4.90 Å². The Morgan fingerprint density at radius 2 is 1.74 bits per heavy atom. The lowest BCUT2D eigenvalue weighted by Crippen LogP contribution is -2.40. The molecular weight excluding hydrogens is 452 g/mol. The van der Waals surface area contributed by atoms with E-state index in [1.807, 2.05) is 71.6 Å². The molecule has 0 atom stereocenters. The number of nitrogens with zero attached hydrogens (tertiary/aromatic N) is 2. The van der Waals surface area contributed by atoms with Crippen LogP contribution in [0.15, 0.2) is 88.8 Å². The number of para-hydroxylation sites is 1. The molecule has 0 radical (unpaired) electrons. The van der Waals surface area contributed by atoms with Crippen LogP contribution in [0.2, 0.25) is 0 Å². The fourth-order valence-corrected chi connectivity index (χ4v) is 5.68. The van der Waals surface area contributed by atoms with Gasteiger partial charge >= 0.3 is 0 Å². The molecule has 0 spiro atoms. The number of hydrogen-bond donors (Lipinski definition) is 0. The molecule has 1 aliphatic carbocycles. The van der Waals surface area contributed by atoms with Gasteiger partial charge in [-0.3, -0.25) is 9.69 Å². The molecule has 1 saturated heterocycles. The van der Waals surface area contributed by atoms with Crippen LogP contribution in [0.3, 0.4) is 0 Å². The van der Waals surface area contributed by atoms with Crippen LogP contribution in [0.5, 0.6) is 5.75 Å². The maximum absolute atomic E-state index is 13.5. The van der Waals surface area contributed by atoms with Gasteiger partial charge < -0.3 is 4.74 Å². The number of rotatable bonds is 6. The first-order valence-corrected chi connectivity index (χ1v) is 13.1. The summed E-state index contributed by atoms with van der Waals surface area (Å²) in [5, 5.41) is 0.789. The summed E-state index contributed by atoms with van der Waals surface area (Å²) in [4.78, 5) is 21.0. The summed E-state index contributed by atoms with van der Waals surface area (Å²) in [6.45, 7) is 2.62. The number of thioether (sulfide) groups is 1. The van der Waals surface area contributed by atoms with Crippen molar-refractivity contribution < 1.29 is 9.53 Å². The number of amidine groups is 1. The van der Waals surface area contributed by atoms with E-state index in [4.69, 9.17) is 9.73 Å². The number of carbonyl (C=O) groups is 1. The second kappa shape index (κ2) is 11.0. The predicted octanol–water partition coefficient (Wildman–Crippen LogP) is 7.51. The maximum atomic E-state index is 13.5. The molecule has 5 rings (SSSR count). The quantitative estimate of drug-likeness (QED) is 0.341. The third kappa shape index (κ3) is 5.85. The summed E-state index contributed by atoms with van der Waals surface area (Å²) in [5.41, 5.74) is 4.23. The minimum Gasteiger partial charge on any atom is -0.489 e. The Morgan fingerprint density at radius 3 is 2.49 bits per heavy atom. The van der Waals surface area contributed by atoms with Crippen LogP contribution >= 0.6 is 11.8 Å². The van der Waals surface area contributed by atoms with E-state index in [-0.39, 0.29) is 11.9 Å². The Labute approximate surface area is 211 Å². The molecule has 2 fully saturated rings. The zero-order valence-corrected chi connectivity index (χ0v) is 20.8. The molecule has 0 aromatic heterocycles. The number of carbonyl (C=O) groups excluding carboxylic acids is 1. The van der Waals surface area contributed by atoms with Gasteiger partial charge in [-0.15, -0.1) is 0 Å². The topological polar surface area (TPSA) is 41.9 Å². The lowest BCUT2D eigenvalue weighted by molar-refractivity contribution is -0.124. The van der Waals surface area contributed by atoms with Gasteiger partial charge in [0.05, 0.1) is 10.6 Å². The summed E-state index contributed by atoms with van der Waals surface area (Å²) in [5.74, 6) is 0.880. The standard InChI is InChI=1S/C30H30N2O2S/c1-22-9-8-10-24(19-22)21-34-27-17-15-23(16-18-27)20-28-29(33)32(26-13-6-3-7-14-26)30(35-28)31-25-11-4-2-5-12-25/h2,4-5,8-12,15-20,26H,3,6-7,13-14,21H2,1H3/b28-20-,31-30?. The molecule has 0 bridgehead atoms. The Bertz CT molecular complexity index is 1230. The highest BCUT2D eigenvalue weighted by Crippen LogP contribution is 2.38. The highest BCUT2D eigenvalue weighted by atomic mass is 32.2. The number of ether oxygens (including phenoxy) is 1. The Kier molecular flexibility index (Phi) is 7.34. The van der Waals surface area contributed by atoms with Crippen LogP contribution in [0, 0.1) is 6.92 Å². The summed E-state index contributed by atoms with van der Waals surface area (Å²) in [6, 6.07) is 26.4. The summed E-state index contributed by atoms with van der Waals surface area (Å²) in [6.07, 6.45) is 7.64. The smallest absolute Gasteiger partial charge is 0.267 e. The monoisotopic (exact) mass is 482 g/mol. The van der Waals surface area contributed by atoms with Crippen molar-refractivity contribution in [3.8, 4) is 5.75 Å². The van der Waals surface area contributed by atoms with Crippen LogP contribution in [0.25, 0.3) is 6.08 Å². The lowest BCUT2D eigenvalue weighted by Gasteiger charge is -2.30. The van der Waals surface area contributed by atoms with E-state index in [1.165, 1.54) is 36.6 Å². The summed E-state index contributed by atoms with van der Waals surface area (Å²) < 4.78 is 5.95. The van der Waals surface area contributed by atoms with Gasteiger partial charge in [0, 0.05) is 6.04 Å². The number of hydrogen-bond acceptors (Lipinski definition) is 4.